The summed E-state index contributed by atoms with van der Waals surface area (Å²) in [5.41, 5.74) is 10.1. The number of nitrogens with one attached hydrogen (secondary N) is 1. The van der Waals surface area contributed by atoms with Gasteiger partial charge in [-0.05, 0) is 25.8 Å². The van der Waals surface area contributed by atoms with Crippen molar-refractivity contribution in [2.75, 3.05) is 0 Å². The fourth-order valence-electron chi connectivity index (χ4n) is 2.34. The van der Waals surface area contributed by atoms with Crippen LogP contribution in [0, 0.1) is 13.8 Å². The van der Waals surface area contributed by atoms with Gasteiger partial charge in [0, 0.05) is 24.8 Å². The van der Waals surface area contributed by atoms with Gasteiger partial charge in [0.2, 0.25) is 5.91 Å². The number of hydrogen-bond acceptors (Lipinski definition) is 3. The fraction of sp³-hybridized carbons (Fsp3) is 0.375. The Balaban J connectivity index is 1.92. The second-order valence-corrected chi connectivity index (χ2v) is 5.29. The number of carbonyl (C=O) groups excluding carboxylic acids is 1. The summed E-state index contributed by atoms with van der Waals surface area (Å²) in [6.45, 7) is 4.40. The van der Waals surface area contributed by atoms with Gasteiger partial charge in [-0.15, -0.1) is 0 Å². The van der Waals surface area contributed by atoms with E-state index in [1.807, 2.05) is 55.9 Å². The minimum absolute atomic E-state index is 0.137. The van der Waals surface area contributed by atoms with Crippen LogP contribution in [0.2, 0.25) is 0 Å². The first-order valence-corrected chi connectivity index (χ1v) is 7.05. The van der Waals surface area contributed by atoms with Crippen molar-refractivity contribution >= 4 is 5.91 Å². The van der Waals surface area contributed by atoms with Crippen LogP contribution in [0.25, 0.3) is 0 Å². The highest BCUT2D eigenvalue weighted by Crippen LogP contribution is 2.11. The summed E-state index contributed by atoms with van der Waals surface area (Å²) < 4.78 is 1.82. The van der Waals surface area contributed by atoms with E-state index < -0.39 is 6.04 Å². The summed E-state index contributed by atoms with van der Waals surface area (Å²) in [7, 11) is 1.90. The van der Waals surface area contributed by atoms with Gasteiger partial charge in [-0.1, -0.05) is 30.3 Å². The molecule has 0 unspecified atom stereocenters. The van der Waals surface area contributed by atoms with Crippen LogP contribution >= 0.6 is 0 Å². The number of aryl methyl sites for hydroxylation is 2. The topological polar surface area (TPSA) is 72.9 Å². The van der Waals surface area contributed by atoms with Crippen LogP contribution in [0.1, 0.15) is 22.5 Å². The molecular formula is C16H22N4O. The number of carbonyl (C=O) groups is 1. The van der Waals surface area contributed by atoms with Crippen molar-refractivity contribution in [3.63, 3.8) is 0 Å². The summed E-state index contributed by atoms with van der Waals surface area (Å²) >= 11 is 0. The van der Waals surface area contributed by atoms with Crippen LogP contribution in [0.15, 0.2) is 30.3 Å². The highest BCUT2D eigenvalue weighted by atomic mass is 16.2. The maximum absolute atomic E-state index is 12.1. The number of amides is 1. The zero-order valence-electron chi connectivity index (χ0n) is 12.8. The Kier molecular flexibility index (Phi) is 4.75. The number of nitrogens with two attached hydrogens (primary N) is 1. The normalized spacial score (nSPS) is 12.2. The first-order chi connectivity index (χ1) is 9.99. The molecule has 2 aromatic rings. The number of aromatic nitrogens is 2. The molecule has 1 aromatic carbocycles. The van der Waals surface area contributed by atoms with Crippen molar-refractivity contribution in [1.82, 2.24) is 15.1 Å². The van der Waals surface area contributed by atoms with E-state index in [9.17, 15) is 4.79 Å². The lowest BCUT2D eigenvalue weighted by Crippen LogP contribution is -2.41. The minimum atomic E-state index is -0.537. The molecule has 0 saturated heterocycles. The van der Waals surface area contributed by atoms with E-state index in [2.05, 4.69) is 10.4 Å². The molecule has 1 heterocycles. The lowest BCUT2D eigenvalue weighted by Gasteiger charge is -2.12. The van der Waals surface area contributed by atoms with E-state index in [0.717, 1.165) is 22.5 Å². The molecule has 21 heavy (non-hydrogen) atoms. The molecule has 0 bridgehead atoms. The number of nitrogens with zero attached hydrogens (tertiary/aromatic N) is 2. The Morgan fingerprint density at radius 1 is 1.33 bits per heavy atom. The molecule has 112 valence electrons. The van der Waals surface area contributed by atoms with Gasteiger partial charge in [-0.25, -0.2) is 0 Å². The maximum Gasteiger partial charge on any atom is 0.237 e. The van der Waals surface area contributed by atoms with E-state index >= 15 is 0 Å². The Hall–Kier alpha value is -2.14. The zero-order valence-corrected chi connectivity index (χ0v) is 12.8. The van der Waals surface area contributed by atoms with E-state index in [-0.39, 0.29) is 5.91 Å². The standard InChI is InChI=1S/C16H22N4O/c1-11-14(12(2)20(3)19-11)10-18-16(21)15(17)9-13-7-5-4-6-8-13/h4-8,15H,9-10,17H2,1-3H3,(H,18,21)/t15-/m0/s1. The summed E-state index contributed by atoms with van der Waals surface area (Å²) in [5, 5.41) is 7.23. The van der Waals surface area contributed by atoms with Crippen LogP contribution in [0.4, 0.5) is 0 Å². The van der Waals surface area contributed by atoms with Crippen LogP contribution < -0.4 is 11.1 Å². The lowest BCUT2D eigenvalue weighted by molar-refractivity contribution is -0.122. The van der Waals surface area contributed by atoms with Gasteiger partial charge >= 0.3 is 0 Å². The quantitative estimate of drug-likeness (QED) is 0.868. The third-order valence-corrected chi connectivity index (χ3v) is 3.73. The molecule has 5 heteroatoms. The Morgan fingerprint density at radius 3 is 2.57 bits per heavy atom. The molecule has 5 nitrogen and oxygen atoms in total. The summed E-state index contributed by atoms with van der Waals surface area (Å²) in [6.07, 6.45) is 0.539. The summed E-state index contributed by atoms with van der Waals surface area (Å²) in [5.74, 6) is -0.137. The molecule has 0 fully saturated rings. The van der Waals surface area contributed by atoms with Crippen molar-refractivity contribution in [2.24, 2.45) is 12.8 Å². The van der Waals surface area contributed by atoms with Crippen molar-refractivity contribution in [3.8, 4) is 0 Å². The SMILES string of the molecule is Cc1nn(C)c(C)c1CNC(=O)[C@@H](N)Cc1ccccc1. The predicted octanol–water partition coefficient (Wildman–Crippen LogP) is 1.22. The van der Waals surface area contributed by atoms with Crippen molar-refractivity contribution in [2.45, 2.75) is 32.9 Å². The largest absolute Gasteiger partial charge is 0.351 e. The molecule has 2 rings (SSSR count). The van der Waals surface area contributed by atoms with E-state index in [4.69, 9.17) is 5.73 Å². The van der Waals surface area contributed by atoms with Gasteiger partial charge in [-0.3, -0.25) is 9.48 Å². The van der Waals surface area contributed by atoms with Crippen LogP contribution in [-0.2, 0) is 24.8 Å². The number of hydrogen-bond donors (Lipinski definition) is 2. The second-order valence-electron chi connectivity index (χ2n) is 5.29. The summed E-state index contributed by atoms with van der Waals surface area (Å²) in [4.78, 5) is 12.1. The average Bonchev–Trinajstić information content (AvgIpc) is 2.71. The molecule has 0 saturated carbocycles. The molecule has 1 amide bonds. The average molecular weight is 286 g/mol. The Labute approximate surface area is 125 Å². The highest BCUT2D eigenvalue weighted by molar-refractivity contribution is 5.81. The van der Waals surface area contributed by atoms with Gasteiger partial charge < -0.3 is 11.1 Å². The van der Waals surface area contributed by atoms with Crippen molar-refractivity contribution < 1.29 is 4.79 Å². The Bertz CT molecular complexity index is 619. The number of rotatable bonds is 5. The molecule has 0 aliphatic heterocycles. The second kappa shape index (κ2) is 6.54. The first-order valence-electron chi connectivity index (χ1n) is 7.05. The van der Waals surface area contributed by atoms with Gasteiger partial charge in [0.15, 0.2) is 0 Å². The third kappa shape index (κ3) is 3.70. The smallest absolute Gasteiger partial charge is 0.237 e. The van der Waals surface area contributed by atoms with Gasteiger partial charge in [0.05, 0.1) is 11.7 Å². The molecule has 0 aliphatic carbocycles. The van der Waals surface area contributed by atoms with Crippen molar-refractivity contribution in [3.05, 3.63) is 52.8 Å². The van der Waals surface area contributed by atoms with Gasteiger partial charge in [0.1, 0.15) is 0 Å². The van der Waals surface area contributed by atoms with Gasteiger partial charge in [0.25, 0.3) is 0 Å². The zero-order chi connectivity index (χ0) is 15.4. The fourth-order valence-corrected chi connectivity index (χ4v) is 2.34. The van der Waals surface area contributed by atoms with Crippen LogP contribution in [0.5, 0.6) is 0 Å². The maximum atomic E-state index is 12.1. The molecule has 1 atom stereocenters. The van der Waals surface area contributed by atoms with E-state index in [0.29, 0.717) is 13.0 Å². The Morgan fingerprint density at radius 2 is 2.00 bits per heavy atom. The lowest BCUT2D eigenvalue weighted by atomic mass is 10.1. The van der Waals surface area contributed by atoms with Crippen LogP contribution in [0.3, 0.4) is 0 Å². The molecule has 1 aromatic heterocycles. The molecule has 0 radical (unpaired) electrons. The van der Waals surface area contributed by atoms with Crippen LogP contribution in [-0.4, -0.2) is 21.7 Å². The highest BCUT2D eigenvalue weighted by Gasteiger charge is 2.15. The molecule has 0 spiro atoms. The number of benzene rings is 1. The van der Waals surface area contributed by atoms with Crippen molar-refractivity contribution in [1.29, 1.82) is 0 Å². The van der Waals surface area contributed by atoms with Gasteiger partial charge in [-0.2, -0.15) is 5.10 Å². The molecule has 3 N–H and O–H groups in total. The first kappa shape index (κ1) is 15.3. The van der Waals surface area contributed by atoms with E-state index in [1.54, 1.807) is 0 Å². The molecule has 0 aliphatic rings. The minimum Gasteiger partial charge on any atom is -0.351 e. The predicted molar refractivity (Wildman–Crippen MR) is 82.7 cm³/mol. The molecular weight excluding hydrogens is 264 g/mol. The third-order valence-electron chi connectivity index (χ3n) is 3.73. The summed E-state index contributed by atoms with van der Waals surface area (Å²) in [6, 6.07) is 9.25. The monoisotopic (exact) mass is 286 g/mol. The van der Waals surface area contributed by atoms with E-state index in [1.165, 1.54) is 0 Å².